The normalized spacial score (nSPS) is 23.0. The number of carbonyl (C=O) groups excluding carboxylic acids is 2. The van der Waals surface area contributed by atoms with Gasteiger partial charge in [0.05, 0.1) is 18.8 Å². The lowest BCUT2D eigenvalue weighted by Gasteiger charge is -2.43. The summed E-state index contributed by atoms with van der Waals surface area (Å²) in [7, 11) is 0. The number of aliphatic hydroxyl groups is 1. The molecular formula is C39H48N2O7. The molecule has 3 aromatic carbocycles. The maximum Gasteiger partial charge on any atom is 0.407 e. The van der Waals surface area contributed by atoms with Crippen LogP contribution < -0.4 is 5.32 Å². The van der Waals surface area contributed by atoms with E-state index in [0.29, 0.717) is 13.1 Å². The van der Waals surface area contributed by atoms with Crippen molar-refractivity contribution in [2.24, 2.45) is 5.92 Å². The Balaban J connectivity index is 1.37. The van der Waals surface area contributed by atoms with Crippen LogP contribution in [0.15, 0.2) is 85.5 Å². The number of hydrogen-bond donors (Lipinski definition) is 2. The number of esters is 1. The number of likely N-dealkylation sites (tertiary alicyclic amines) is 1. The van der Waals surface area contributed by atoms with Crippen LogP contribution in [-0.4, -0.2) is 59.5 Å². The van der Waals surface area contributed by atoms with Gasteiger partial charge in [-0.15, -0.1) is 0 Å². The third-order valence-corrected chi connectivity index (χ3v) is 8.85. The molecule has 256 valence electrons. The number of rotatable bonds is 11. The number of ether oxygens (including phenoxy) is 4. The standard InChI is InChI=1S/C39H48N2O7/c1-6-22-45-38(44)40-23-31-10-7-8-11-32(31)28-17-19-30(20-18-28)37-46-34(24-41-21-9-12-33(41)36(43)48-39(3,4)5)26(2)35(47-37)29-15-13-27(25-42)14-16-29/h6-8,10-11,13-20,26,33-35,37,42H,1,9,12,21-25H2,2-5H3,(H,40,44). The number of aliphatic hydroxyl groups excluding tert-OH is 1. The molecular weight excluding hydrogens is 608 g/mol. The number of amides is 1. The Labute approximate surface area is 283 Å². The van der Waals surface area contributed by atoms with E-state index >= 15 is 0 Å². The summed E-state index contributed by atoms with van der Waals surface area (Å²) >= 11 is 0. The Kier molecular flexibility index (Phi) is 11.7. The first kappa shape index (κ1) is 35.3. The van der Waals surface area contributed by atoms with Gasteiger partial charge in [-0.1, -0.05) is 92.4 Å². The van der Waals surface area contributed by atoms with Gasteiger partial charge in [-0.25, -0.2) is 4.79 Å². The van der Waals surface area contributed by atoms with Crippen molar-refractivity contribution in [1.29, 1.82) is 0 Å². The van der Waals surface area contributed by atoms with Crippen molar-refractivity contribution in [3.05, 3.63) is 108 Å². The van der Waals surface area contributed by atoms with Gasteiger partial charge in [0.15, 0.2) is 6.29 Å². The lowest BCUT2D eigenvalue weighted by Crippen LogP contribution is -2.48. The zero-order chi connectivity index (χ0) is 34.3. The highest BCUT2D eigenvalue weighted by Crippen LogP contribution is 2.42. The van der Waals surface area contributed by atoms with Crippen molar-refractivity contribution >= 4 is 12.1 Å². The van der Waals surface area contributed by atoms with Crippen LogP contribution in [0.5, 0.6) is 0 Å². The maximum absolute atomic E-state index is 13.1. The molecule has 0 aromatic heterocycles. The number of nitrogens with zero attached hydrogens (tertiary/aromatic N) is 1. The number of alkyl carbamates (subject to hydrolysis) is 1. The van der Waals surface area contributed by atoms with Crippen LogP contribution in [0.1, 0.15) is 75.2 Å². The van der Waals surface area contributed by atoms with Gasteiger partial charge in [-0.2, -0.15) is 0 Å². The third-order valence-electron chi connectivity index (χ3n) is 8.85. The zero-order valence-electron chi connectivity index (χ0n) is 28.4. The van der Waals surface area contributed by atoms with Crippen LogP contribution in [0.4, 0.5) is 4.79 Å². The second-order valence-electron chi connectivity index (χ2n) is 13.5. The molecule has 0 aliphatic carbocycles. The smallest absolute Gasteiger partial charge is 0.407 e. The molecule has 0 radical (unpaired) electrons. The van der Waals surface area contributed by atoms with Gasteiger partial charge in [0.1, 0.15) is 18.2 Å². The summed E-state index contributed by atoms with van der Waals surface area (Å²) in [6.45, 7) is 13.2. The molecule has 0 bridgehead atoms. The molecule has 1 amide bonds. The minimum absolute atomic E-state index is 0.0158. The fourth-order valence-corrected chi connectivity index (χ4v) is 6.37. The second-order valence-corrected chi connectivity index (χ2v) is 13.5. The van der Waals surface area contributed by atoms with E-state index in [-0.39, 0.29) is 43.4 Å². The quantitative estimate of drug-likeness (QED) is 0.170. The van der Waals surface area contributed by atoms with Crippen LogP contribution in [-0.2, 0) is 36.9 Å². The Morgan fingerprint density at radius 2 is 1.73 bits per heavy atom. The number of nitrogens with one attached hydrogen (secondary N) is 1. The molecule has 2 fully saturated rings. The first-order valence-electron chi connectivity index (χ1n) is 16.7. The average Bonchev–Trinajstić information content (AvgIpc) is 3.55. The van der Waals surface area contributed by atoms with Gasteiger partial charge in [-0.05, 0) is 68.0 Å². The van der Waals surface area contributed by atoms with E-state index in [4.69, 9.17) is 18.9 Å². The third kappa shape index (κ3) is 8.90. The fraction of sp³-hybridized carbons (Fsp3) is 0.436. The number of carbonyl (C=O) groups is 2. The predicted molar refractivity (Wildman–Crippen MR) is 184 cm³/mol. The molecule has 2 aliphatic heterocycles. The van der Waals surface area contributed by atoms with E-state index in [1.165, 1.54) is 6.08 Å². The Morgan fingerprint density at radius 3 is 2.42 bits per heavy atom. The predicted octanol–water partition coefficient (Wildman–Crippen LogP) is 6.86. The minimum atomic E-state index is -0.637. The van der Waals surface area contributed by atoms with Gasteiger partial charge < -0.3 is 29.4 Å². The van der Waals surface area contributed by atoms with Crippen LogP contribution in [0.2, 0.25) is 0 Å². The van der Waals surface area contributed by atoms with Gasteiger partial charge in [0.25, 0.3) is 0 Å². The van der Waals surface area contributed by atoms with Gasteiger partial charge in [-0.3, -0.25) is 9.69 Å². The SMILES string of the molecule is C=CCOC(=O)NCc1ccccc1-c1ccc(C2OC(CN3CCCC3C(=O)OC(C)(C)C)C(C)C(c3ccc(CO)cc3)O2)cc1. The number of hydrogen-bond acceptors (Lipinski definition) is 8. The monoisotopic (exact) mass is 656 g/mol. The van der Waals surface area contributed by atoms with Crippen molar-refractivity contribution in [2.45, 2.75) is 83.8 Å². The van der Waals surface area contributed by atoms with E-state index < -0.39 is 18.0 Å². The molecule has 3 aromatic rings. The van der Waals surface area contributed by atoms with Gasteiger partial charge in [0.2, 0.25) is 0 Å². The summed E-state index contributed by atoms with van der Waals surface area (Å²) in [6.07, 6.45) is 1.59. The molecule has 5 atom stereocenters. The van der Waals surface area contributed by atoms with Crippen molar-refractivity contribution < 1.29 is 33.6 Å². The van der Waals surface area contributed by atoms with E-state index in [1.54, 1.807) is 0 Å². The van der Waals surface area contributed by atoms with Crippen molar-refractivity contribution in [2.75, 3.05) is 19.7 Å². The van der Waals surface area contributed by atoms with Gasteiger partial charge in [0, 0.05) is 24.6 Å². The molecule has 2 heterocycles. The van der Waals surface area contributed by atoms with Crippen LogP contribution in [0.25, 0.3) is 11.1 Å². The highest BCUT2D eigenvalue weighted by atomic mass is 16.7. The molecule has 9 nitrogen and oxygen atoms in total. The molecule has 5 rings (SSSR count). The highest BCUT2D eigenvalue weighted by molar-refractivity contribution is 5.76. The summed E-state index contributed by atoms with van der Waals surface area (Å²) in [5.74, 6) is -0.204. The van der Waals surface area contributed by atoms with Crippen molar-refractivity contribution in [3.8, 4) is 11.1 Å². The Hall–Kier alpha value is -4.02. The molecule has 0 saturated carbocycles. The summed E-state index contributed by atoms with van der Waals surface area (Å²) < 4.78 is 24.2. The zero-order valence-corrected chi connectivity index (χ0v) is 28.4. The molecule has 0 spiro atoms. The molecule has 2 N–H and O–H groups in total. The number of benzene rings is 3. The lowest BCUT2D eigenvalue weighted by atomic mass is 9.89. The summed E-state index contributed by atoms with van der Waals surface area (Å²) in [4.78, 5) is 27.4. The second kappa shape index (κ2) is 15.9. The van der Waals surface area contributed by atoms with E-state index in [0.717, 1.165) is 52.8 Å². The summed E-state index contributed by atoms with van der Waals surface area (Å²) in [6, 6.07) is 23.6. The minimum Gasteiger partial charge on any atom is -0.459 e. The largest absolute Gasteiger partial charge is 0.459 e. The van der Waals surface area contributed by atoms with E-state index in [9.17, 15) is 14.7 Å². The van der Waals surface area contributed by atoms with Gasteiger partial charge >= 0.3 is 12.1 Å². The first-order chi connectivity index (χ1) is 23.1. The van der Waals surface area contributed by atoms with Crippen LogP contribution >= 0.6 is 0 Å². The molecule has 2 saturated heterocycles. The fourth-order valence-electron chi connectivity index (χ4n) is 6.37. The topological polar surface area (TPSA) is 107 Å². The lowest BCUT2D eigenvalue weighted by molar-refractivity contribution is -0.276. The Bertz CT molecular complexity index is 1530. The molecule has 2 aliphatic rings. The van der Waals surface area contributed by atoms with Crippen molar-refractivity contribution in [1.82, 2.24) is 10.2 Å². The van der Waals surface area contributed by atoms with Crippen LogP contribution in [0, 0.1) is 5.92 Å². The summed E-state index contributed by atoms with van der Waals surface area (Å²) in [5.41, 5.74) is 5.11. The molecule has 48 heavy (non-hydrogen) atoms. The maximum atomic E-state index is 13.1. The Morgan fingerprint density at radius 1 is 1.02 bits per heavy atom. The van der Waals surface area contributed by atoms with Crippen LogP contribution in [0.3, 0.4) is 0 Å². The molecule has 9 heteroatoms. The highest BCUT2D eigenvalue weighted by Gasteiger charge is 2.42. The van der Waals surface area contributed by atoms with E-state index in [1.807, 2.05) is 93.6 Å². The van der Waals surface area contributed by atoms with E-state index in [2.05, 4.69) is 23.7 Å². The van der Waals surface area contributed by atoms with Crippen molar-refractivity contribution in [3.63, 3.8) is 0 Å². The molecule has 5 unspecified atom stereocenters. The average molecular weight is 657 g/mol. The first-order valence-corrected chi connectivity index (χ1v) is 16.7. The summed E-state index contributed by atoms with van der Waals surface area (Å²) in [5, 5.41) is 12.4.